The molecule has 0 aromatic carbocycles. The van der Waals surface area contributed by atoms with Gasteiger partial charge in [0.25, 0.3) is 0 Å². The lowest BCUT2D eigenvalue weighted by molar-refractivity contribution is 0.275. The first-order valence-corrected chi connectivity index (χ1v) is 7.69. The van der Waals surface area contributed by atoms with E-state index in [0.29, 0.717) is 0 Å². The van der Waals surface area contributed by atoms with Gasteiger partial charge in [0.1, 0.15) is 0 Å². The maximum absolute atomic E-state index is 3.50. The molecule has 0 spiro atoms. The molecule has 1 fully saturated rings. The summed E-state index contributed by atoms with van der Waals surface area (Å²) >= 11 is 0. The van der Waals surface area contributed by atoms with Gasteiger partial charge in [-0.25, -0.2) is 0 Å². The summed E-state index contributed by atoms with van der Waals surface area (Å²) < 4.78 is 0. The van der Waals surface area contributed by atoms with E-state index < -0.39 is 0 Å². The lowest BCUT2D eigenvalue weighted by atomic mass is 9.97. The van der Waals surface area contributed by atoms with Crippen LogP contribution in [0.2, 0.25) is 0 Å². The van der Waals surface area contributed by atoms with Crippen LogP contribution in [-0.2, 0) is 0 Å². The summed E-state index contributed by atoms with van der Waals surface area (Å²) in [7, 11) is 2.13. The zero-order valence-electron chi connectivity index (χ0n) is 12.2. The van der Waals surface area contributed by atoms with E-state index in [2.05, 4.69) is 31.1 Å². The molecule has 1 N–H and O–H groups in total. The van der Waals surface area contributed by atoms with Crippen molar-refractivity contribution in [1.29, 1.82) is 0 Å². The van der Waals surface area contributed by atoms with Crippen molar-refractivity contribution in [2.45, 2.75) is 64.8 Å². The summed E-state index contributed by atoms with van der Waals surface area (Å²) in [5.74, 6) is 1.04. The van der Waals surface area contributed by atoms with Crippen LogP contribution in [0.1, 0.15) is 58.8 Å². The molecule has 17 heavy (non-hydrogen) atoms. The Kier molecular flexibility index (Phi) is 7.87. The van der Waals surface area contributed by atoms with E-state index in [0.717, 1.165) is 12.0 Å². The standard InChI is InChI=1S/C15H32N2/c1-4-17(5-2)13-12-15(16-3)11-10-14-8-6-7-9-14/h14-16H,4-13H2,1-3H3. The topological polar surface area (TPSA) is 15.3 Å². The van der Waals surface area contributed by atoms with Crippen LogP contribution >= 0.6 is 0 Å². The Bertz CT molecular complexity index is 166. The highest BCUT2D eigenvalue weighted by molar-refractivity contribution is 4.73. The highest BCUT2D eigenvalue weighted by Crippen LogP contribution is 2.29. The van der Waals surface area contributed by atoms with Crippen molar-refractivity contribution in [2.75, 3.05) is 26.7 Å². The lowest BCUT2D eigenvalue weighted by Crippen LogP contribution is -2.32. The predicted octanol–water partition coefficient (Wildman–Crippen LogP) is 3.28. The van der Waals surface area contributed by atoms with Gasteiger partial charge in [-0.15, -0.1) is 0 Å². The normalized spacial score (nSPS) is 19.1. The highest BCUT2D eigenvalue weighted by Gasteiger charge is 2.17. The average Bonchev–Trinajstić information content (AvgIpc) is 2.87. The first-order valence-electron chi connectivity index (χ1n) is 7.69. The van der Waals surface area contributed by atoms with Gasteiger partial charge >= 0.3 is 0 Å². The van der Waals surface area contributed by atoms with Gasteiger partial charge in [0.15, 0.2) is 0 Å². The smallest absolute Gasteiger partial charge is 0.00763 e. The Morgan fingerprint density at radius 2 is 1.76 bits per heavy atom. The van der Waals surface area contributed by atoms with Gasteiger partial charge in [-0.2, -0.15) is 0 Å². The first-order chi connectivity index (χ1) is 8.30. The van der Waals surface area contributed by atoms with Crippen LogP contribution in [0.15, 0.2) is 0 Å². The molecule has 0 aliphatic heterocycles. The molecule has 0 saturated heterocycles. The van der Waals surface area contributed by atoms with Gasteiger partial charge in [-0.05, 0) is 51.9 Å². The second-order valence-electron chi connectivity index (χ2n) is 5.53. The van der Waals surface area contributed by atoms with Gasteiger partial charge in [-0.1, -0.05) is 39.5 Å². The lowest BCUT2D eigenvalue weighted by Gasteiger charge is -2.23. The molecule has 0 heterocycles. The molecule has 1 aliphatic carbocycles. The Labute approximate surface area is 108 Å². The van der Waals surface area contributed by atoms with Crippen LogP contribution in [0.4, 0.5) is 0 Å². The monoisotopic (exact) mass is 240 g/mol. The fourth-order valence-electron chi connectivity index (χ4n) is 3.05. The fraction of sp³-hybridized carbons (Fsp3) is 1.00. The van der Waals surface area contributed by atoms with E-state index in [9.17, 15) is 0 Å². The van der Waals surface area contributed by atoms with Crippen LogP contribution in [0, 0.1) is 5.92 Å². The molecule has 1 saturated carbocycles. The van der Waals surface area contributed by atoms with Gasteiger partial charge in [0.2, 0.25) is 0 Å². The first kappa shape index (κ1) is 15.0. The van der Waals surface area contributed by atoms with E-state index in [1.54, 1.807) is 0 Å². The molecule has 0 aromatic heterocycles. The van der Waals surface area contributed by atoms with E-state index in [1.807, 2.05) is 0 Å². The zero-order chi connectivity index (χ0) is 12.5. The van der Waals surface area contributed by atoms with E-state index in [1.165, 1.54) is 64.6 Å². The molecule has 1 rings (SSSR count). The minimum absolute atomic E-state index is 0.733. The van der Waals surface area contributed by atoms with Crippen molar-refractivity contribution in [3.05, 3.63) is 0 Å². The third-order valence-corrected chi connectivity index (χ3v) is 4.49. The molecule has 2 nitrogen and oxygen atoms in total. The van der Waals surface area contributed by atoms with Crippen LogP contribution < -0.4 is 5.32 Å². The zero-order valence-corrected chi connectivity index (χ0v) is 12.2. The van der Waals surface area contributed by atoms with Crippen molar-refractivity contribution in [1.82, 2.24) is 10.2 Å². The molecule has 0 bridgehead atoms. The molecule has 0 amide bonds. The van der Waals surface area contributed by atoms with Crippen LogP contribution in [0.5, 0.6) is 0 Å². The molecule has 1 atom stereocenters. The second kappa shape index (κ2) is 8.93. The maximum Gasteiger partial charge on any atom is 0.00763 e. The Balaban J connectivity index is 2.13. The van der Waals surface area contributed by atoms with Crippen LogP contribution in [0.3, 0.4) is 0 Å². The molecule has 1 unspecified atom stereocenters. The SMILES string of the molecule is CCN(CC)CCC(CCC1CCCC1)NC. The molecule has 0 radical (unpaired) electrons. The molecule has 2 heteroatoms. The predicted molar refractivity (Wildman–Crippen MR) is 76.4 cm³/mol. The highest BCUT2D eigenvalue weighted by atomic mass is 15.1. The van der Waals surface area contributed by atoms with Gasteiger partial charge in [0, 0.05) is 6.04 Å². The third kappa shape index (κ3) is 5.87. The molecule has 0 aromatic rings. The Morgan fingerprint density at radius 3 is 2.29 bits per heavy atom. The van der Waals surface area contributed by atoms with Crippen molar-refractivity contribution in [3.8, 4) is 0 Å². The maximum atomic E-state index is 3.50. The number of rotatable bonds is 9. The van der Waals surface area contributed by atoms with Gasteiger partial charge < -0.3 is 10.2 Å². The van der Waals surface area contributed by atoms with Crippen molar-refractivity contribution < 1.29 is 0 Å². The Hall–Kier alpha value is -0.0800. The average molecular weight is 240 g/mol. The number of nitrogens with zero attached hydrogens (tertiary/aromatic N) is 1. The van der Waals surface area contributed by atoms with Crippen molar-refractivity contribution in [2.24, 2.45) is 5.92 Å². The number of hydrogen-bond donors (Lipinski definition) is 1. The summed E-state index contributed by atoms with van der Waals surface area (Å²) in [5, 5.41) is 3.50. The molecular formula is C15H32N2. The summed E-state index contributed by atoms with van der Waals surface area (Å²) in [5.41, 5.74) is 0. The molecule has 102 valence electrons. The second-order valence-corrected chi connectivity index (χ2v) is 5.53. The summed E-state index contributed by atoms with van der Waals surface area (Å²) in [4.78, 5) is 2.53. The molecule has 1 aliphatic rings. The van der Waals surface area contributed by atoms with E-state index in [-0.39, 0.29) is 0 Å². The largest absolute Gasteiger partial charge is 0.317 e. The quantitative estimate of drug-likeness (QED) is 0.665. The fourth-order valence-corrected chi connectivity index (χ4v) is 3.05. The van der Waals surface area contributed by atoms with E-state index in [4.69, 9.17) is 0 Å². The summed E-state index contributed by atoms with van der Waals surface area (Å²) in [6, 6.07) is 0.733. The van der Waals surface area contributed by atoms with Gasteiger partial charge in [0.05, 0.1) is 0 Å². The van der Waals surface area contributed by atoms with Gasteiger partial charge in [-0.3, -0.25) is 0 Å². The number of nitrogens with one attached hydrogen (secondary N) is 1. The van der Waals surface area contributed by atoms with Crippen LogP contribution in [-0.4, -0.2) is 37.6 Å². The van der Waals surface area contributed by atoms with Crippen molar-refractivity contribution >= 4 is 0 Å². The summed E-state index contributed by atoms with van der Waals surface area (Å²) in [6.07, 6.45) is 10.1. The molecular weight excluding hydrogens is 208 g/mol. The van der Waals surface area contributed by atoms with Crippen molar-refractivity contribution in [3.63, 3.8) is 0 Å². The summed E-state index contributed by atoms with van der Waals surface area (Å²) in [6.45, 7) is 8.15. The minimum atomic E-state index is 0.733. The third-order valence-electron chi connectivity index (χ3n) is 4.49. The Morgan fingerprint density at radius 1 is 1.12 bits per heavy atom. The van der Waals surface area contributed by atoms with E-state index >= 15 is 0 Å². The number of hydrogen-bond acceptors (Lipinski definition) is 2. The minimum Gasteiger partial charge on any atom is -0.317 e. The van der Waals surface area contributed by atoms with Crippen LogP contribution in [0.25, 0.3) is 0 Å².